The number of methoxy groups -OCH3 is 2. The van der Waals surface area contributed by atoms with Crippen molar-refractivity contribution >= 4 is 28.1 Å². The van der Waals surface area contributed by atoms with Gasteiger partial charge in [0, 0.05) is 45.3 Å². The number of ether oxygens (including phenoxy) is 4. The molecule has 2 aliphatic rings. The number of nitrogens with two attached hydrogens (primary N) is 1. The molecule has 6 rings (SSSR count). The molecule has 0 spiro atoms. The summed E-state index contributed by atoms with van der Waals surface area (Å²) in [5, 5.41) is 0. The Hall–Kier alpha value is -5.67. The number of amides is 3. The molecule has 0 saturated carbocycles. The number of rotatable bonds is 16. The average Bonchev–Trinajstić information content (AvgIpc) is 3.24. The number of cyclic esters (lactones) is 2. The first-order valence-electron chi connectivity index (χ1n) is 19.9. The van der Waals surface area contributed by atoms with Crippen molar-refractivity contribution in [3.8, 4) is 11.5 Å². The highest BCUT2D eigenvalue weighted by molar-refractivity contribution is 7.88. The third-order valence-electron chi connectivity index (χ3n) is 11.2. The van der Waals surface area contributed by atoms with Crippen LogP contribution in [0.2, 0.25) is 0 Å². The van der Waals surface area contributed by atoms with Crippen molar-refractivity contribution in [1.29, 1.82) is 0 Å². The molecule has 2 saturated heterocycles. The maximum absolute atomic E-state index is 13.5. The van der Waals surface area contributed by atoms with Crippen molar-refractivity contribution in [2.45, 2.75) is 75.7 Å². The van der Waals surface area contributed by atoms with Crippen LogP contribution in [-0.4, -0.2) is 76.4 Å². The first-order valence-corrected chi connectivity index (χ1v) is 21.8. The number of sulfonamides is 1. The van der Waals surface area contributed by atoms with Gasteiger partial charge in [0.15, 0.2) is 0 Å². The molecule has 3 amide bonds. The van der Waals surface area contributed by atoms with Crippen LogP contribution < -0.4 is 19.9 Å². The van der Waals surface area contributed by atoms with Crippen molar-refractivity contribution in [2.24, 2.45) is 5.73 Å². The normalized spacial score (nSPS) is 20.2. The molecule has 3 N–H and O–H groups in total. The molecule has 13 nitrogen and oxygen atoms in total. The summed E-state index contributed by atoms with van der Waals surface area (Å²) in [6.45, 7) is 5.11. The molecule has 0 unspecified atom stereocenters. The van der Waals surface area contributed by atoms with Gasteiger partial charge in [0.25, 0.3) is 0 Å². The molecule has 4 atom stereocenters. The van der Waals surface area contributed by atoms with E-state index in [1.165, 1.54) is 12.1 Å². The lowest BCUT2D eigenvalue weighted by molar-refractivity contribution is -0.121. The zero-order valence-electron chi connectivity index (χ0n) is 34.8. The molecule has 4 aromatic rings. The molecule has 0 aliphatic carbocycles. The summed E-state index contributed by atoms with van der Waals surface area (Å²) < 4.78 is 61.0. The number of nitrogens with zero attached hydrogens (tertiary/aromatic N) is 2. The van der Waals surface area contributed by atoms with Crippen LogP contribution in [0.3, 0.4) is 0 Å². The van der Waals surface area contributed by atoms with Gasteiger partial charge in [-0.15, -0.1) is 0 Å². The molecule has 2 aliphatic heterocycles. The lowest BCUT2D eigenvalue weighted by atomic mass is 9.84. The second-order valence-corrected chi connectivity index (χ2v) is 17.0. The Bertz CT molecular complexity index is 2160. The van der Waals surface area contributed by atoms with E-state index in [2.05, 4.69) is 4.72 Å². The predicted octanol–water partition coefficient (Wildman–Crippen LogP) is 7.72. The highest BCUT2D eigenvalue weighted by Gasteiger charge is 2.44. The molecule has 0 bridgehead atoms. The lowest BCUT2D eigenvalue weighted by Gasteiger charge is -2.43. The molecular formula is C45H55FN4O9S. The van der Waals surface area contributed by atoms with E-state index >= 15 is 0 Å². The first-order chi connectivity index (χ1) is 28.6. The SMILES string of the molecule is COc1ccc([C@H](C)N2CC[C@](CCC(N)=O)(c3ccccc3)OC2=O)cc1.COc1ccc([C@H](C)N2CC[C@](CCCNS(C)(=O)=O)(c3ccc(F)cc3)OC2=O)cc1. The minimum absolute atomic E-state index is 0.136. The van der Waals surface area contributed by atoms with Crippen LogP contribution in [0.1, 0.15) is 86.7 Å². The van der Waals surface area contributed by atoms with Crippen molar-refractivity contribution in [3.05, 3.63) is 131 Å². The Morgan fingerprint density at radius 1 is 0.750 bits per heavy atom. The zero-order chi connectivity index (χ0) is 43.5. The van der Waals surface area contributed by atoms with Crippen molar-refractivity contribution in [1.82, 2.24) is 14.5 Å². The van der Waals surface area contributed by atoms with Gasteiger partial charge in [-0.05, 0) is 85.3 Å². The average molecular weight is 847 g/mol. The fourth-order valence-electron chi connectivity index (χ4n) is 7.67. The van der Waals surface area contributed by atoms with E-state index in [9.17, 15) is 27.2 Å². The standard InChI is InChI=1S/C23H29FN2O5S.C22H26N2O4/c1-17(18-5-11-21(30-2)12-6-18)26-16-14-23(31-22(26)27,13-4-15-25-32(3,28)29)19-7-9-20(24)10-8-19;1-16(17-8-10-19(27-2)11-9-17)24-15-14-22(28-21(24)26,13-12-20(23)25)18-6-4-3-5-7-18/h5-12,17,25H,4,13-16H2,1-3H3;3-11,16H,12-15H2,1-2H3,(H2,23,25)/t17-,23+;16-,22+/m00/s1. The van der Waals surface area contributed by atoms with Gasteiger partial charge in [-0.25, -0.2) is 27.1 Å². The summed E-state index contributed by atoms with van der Waals surface area (Å²) >= 11 is 0. The lowest BCUT2D eigenvalue weighted by Crippen LogP contribution is -2.49. The fourth-order valence-corrected chi connectivity index (χ4v) is 8.18. The van der Waals surface area contributed by atoms with E-state index in [0.29, 0.717) is 50.8 Å². The van der Waals surface area contributed by atoms with Crippen molar-refractivity contribution in [2.75, 3.05) is 40.1 Å². The zero-order valence-corrected chi connectivity index (χ0v) is 35.6. The molecule has 0 radical (unpaired) electrons. The van der Waals surface area contributed by atoms with Gasteiger partial charge in [0.1, 0.15) is 28.5 Å². The number of primary amides is 1. The van der Waals surface area contributed by atoms with Crippen LogP contribution in [0.15, 0.2) is 103 Å². The van der Waals surface area contributed by atoms with E-state index in [1.54, 1.807) is 36.2 Å². The summed E-state index contributed by atoms with van der Waals surface area (Å²) in [7, 11) is -0.0893. The number of hydrogen-bond acceptors (Lipinski definition) is 9. The number of halogens is 1. The van der Waals surface area contributed by atoms with E-state index in [4.69, 9.17) is 24.7 Å². The van der Waals surface area contributed by atoms with Gasteiger partial charge in [-0.3, -0.25) is 4.79 Å². The Labute approximate surface area is 352 Å². The topological polar surface area (TPSA) is 167 Å². The minimum Gasteiger partial charge on any atom is -0.497 e. The van der Waals surface area contributed by atoms with Gasteiger partial charge >= 0.3 is 12.2 Å². The summed E-state index contributed by atoms with van der Waals surface area (Å²) in [5.74, 6) is 0.729. The number of carbonyl (C=O) groups excluding carboxylic acids is 3. The van der Waals surface area contributed by atoms with Crippen LogP contribution in [-0.2, 0) is 35.5 Å². The van der Waals surface area contributed by atoms with Gasteiger partial charge < -0.3 is 34.5 Å². The largest absolute Gasteiger partial charge is 0.497 e. The summed E-state index contributed by atoms with van der Waals surface area (Å²) in [6.07, 6.45) is 2.77. The number of nitrogens with one attached hydrogen (secondary N) is 1. The quantitative estimate of drug-likeness (QED) is 0.107. The molecular weight excluding hydrogens is 792 g/mol. The fraction of sp³-hybridized carbons (Fsp3) is 0.400. The maximum Gasteiger partial charge on any atom is 0.411 e. The Balaban J connectivity index is 0.000000230. The van der Waals surface area contributed by atoms with Crippen LogP contribution in [0.4, 0.5) is 14.0 Å². The van der Waals surface area contributed by atoms with Crippen LogP contribution in [0.5, 0.6) is 11.5 Å². The second kappa shape index (κ2) is 20.1. The summed E-state index contributed by atoms with van der Waals surface area (Å²) in [5.41, 5.74) is 7.12. The molecule has 60 heavy (non-hydrogen) atoms. The molecule has 15 heteroatoms. The Morgan fingerprint density at radius 2 is 1.20 bits per heavy atom. The second-order valence-electron chi connectivity index (χ2n) is 15.1. The van der Waals surface area contributed by atoms with E-state index < -0.39 is 33.2 Å². The first kappa shape index (κ1) is 45.4. The number of carbonyl (C=O) groups is 3. The van der Waals surface area contributed by atoms with Gasteiger partial charge in [0.05, 0.1) is 32.6 Å². The van der Waals surface area contributed by atoms with Crippen LogP contribution >= 0.6 is 0 Å². The molecule has 0 aromatic heterocycles. The highest BCUT2D eigenvalue weighted by atomic mass is 32.2. The monoisotopic (exact) mass is 846 g/mol. The van der Waals surface area contributed by atoms with E-state index in [1.807, 2.05) is 92.7 Å². The molecule has 322 valence electrons. The van der Waals surface area contributed by atoms with Gasteiger partial charge in [-0.2, -0.15) is 0 Å². The smallest absolute Gasteiger partial charge is 0.411 e. The minimum atomic E-state index is -3.31. The van der Waals surface area contributed by atoms with Crippen LogP contribution in [0.25, 0.3) is 0 Å². The highest BCUT2D eigenvalue weighted by Crippen LogP contribution is 2.42. The van der Waals surface area contributed by atoms with E-state index in [-0.39, 0.29) is 37.0 Å². The maximum atomic E-state index is 13.5. The van der Waals surface area contributed by atoms with Crippen molar-refractivity contribution in [3.63, 3.8) is 0 Å². The molecule has 2 fully saturated rings. The number of hydrogen-bond donors (Lipinski definition) is 2. The van der Waals surface area contributed by atoms with Gasteiger partial charge in [-0.1, -0.05) is 66.7 Å². The van der Waals surface area contributed by atoms with Crippen LogP contribution in [0, 0.1) is 5.82 Å². The molecule has 4 aromatic carbocycles. The van der Waals surface area contributed by atoms with Crippen molar-refractivity contribution < 1.29 is 46.1 Å². The number of benzene rings is 4. The van der Waals surface area contributed by atoms with Gasteiger partial charge in [0.2, 0.25) is 15.9 Å². The third-order valence-corrected chi connectivity index (χ3v) is 12.0. The summed E-state index contributed by atoms with van der Waals surface area (Å²) in [4.78, 5) is 40.8. The predicted molar refractivity (Wildman–Crippen MR) is 225 cm³/mol. The Morgan fingerprint density at radius 3 is 1.62 bits per heavy atom. The third kappa shape index (κ3) is 11.5. The Kier molecular flexibility index (Phi) is 15.2. The summed E-state index contributed by atoms with van der Waals surface area (Å²) in [6, 6.07) is 30.3. The molecule has 2 heterocycles. The van der Waals surface area contributed by atoms with E-state index in [0.717, 1.165) is 34.4 Å².